The summed E-state index contributed by atoms with van der Waals surface area (Å²) >= 11 is 7.73. The summed E-state index contributed by atoms with van der Waals surface area (Å²) in [6, 6.07) is 3.89. The lowest BCUT2D eigenvalue weighted by Gasteiger charge is -1.83. The van der Waals surface area contributed by atoms with Crippen molar-refractivity contribution >= 4 is 35.2 Å². The van der Waals surface area contributed by atoms with E-state index in [1.807, 2.05) is 17.5 Å². The molecule has 0 unspecified atom stereocenters. The SMILES string of the molecule is ClOSc1cccs1. The summed E-state index contributed by atoms with van der Waals surface area (Å²) in [6.45, 7) is 0. The zero-order chi connectivity index (χ0) is 5.82. The second-order valence-electron chi connectivity index (χ2n) is 1.08. The second-order valence-corrected chi connectivity index (χ2v) is 3.39. The Kier molecular flexibility index (Phi) is 2.69. The van der Waals surface area contributed by atoms with Gasteiger partial charge in [-0.1, -0.05) is 6.07 Å². The molecule has 0 amide bonds. The van der Waals surface area contributed by atoms with E-state index >= 15 is 0 Å². The van der Waals surface area contributed by atoms with Gasteiger partial charge in [0.2, 0.25) is 0 Å². The third kappa shape index (κ3) is 1.67. The zero-order valence-corrected chi connectivity index (χ0v) is 6.22. The fourth-order valence-corrected chi connectivity index (χ4v) is 1.73. The van der Waals surface area contributed by atoms with Gasteiger partial charge in [-0.3, -0.25) is 0 Å². The van der Waals surface area contributed by atoms with Crippen LogP contribution in [-0.4, -0.2) is 0 Å². The lowest BCUT2D eigenvalue weighted by molar-refractivity contribution is 0.729. The van der Waals surface area contributed by atoms with Gasteiger partial charge in [-0.05, 0) is 11.4 Å². The van der Waals surface area contributed by atoms with Crippen LogP contribution in [0.25, 0.3) is 0 Å². The van der Waals surface area contributed by atoms with E-state index < -0.39 is 0 Å². The highest BCUT2D eigenvalue weighted by atomic mass is 35.5. The summed E-state index contributed by atoms with van der Waals surface area (Å²) in [6.07, 6.45) is 0. The van der Waals surface area contributed by atoms with Crippen LogP contribution in [0.2, 0.25) is 0 Å². The summed E-state index contributed by atoms with van der Waals surface area (Å²) < 4.78 is 5.35. The first-order valence-corrected chi connectivity index (χ1v) is 3.85. The number of hydrogen-bond donors (Lipinski definition) is 0. The highest BCUT2D eigenvalue weighted by Crippen LogP contribution is 2.24. The first kappa shape index (κ1) is 6.42. The molecule has 0 aliphatic rings. The van der Waals surface area contributed by atoms with E-state index in [1.165, 1.54) is 12.0 Å². The van der Waals surface area contributed by atoms with Gasteiger partial charge in [0.1, 0.15) is 0 Å². The molecule has 0 aliphatic heterocycles. The molecule has 8 heavy (non-hydrogen) atoms. The normalized spacial score (nSPS) is 9.62. The summed E-state index contributed by atoms with van der Waals surface area (Å²) in [5.74, 6) is 0. The van der Waals surface area contributed by atoms with Crippen LogP contribution in [-0.2, 0) is 3.74 Å². The highest BCUT2D eigenvalue weighted by Gasteiger charge is 1.90. The first-order valence-electron chi connectivity index (χ1n) is 1.92. The maximum atomic E-state index is 4.96. The molecular formula is C4H3ClOS2. The van der Waals surface area contributed by atoms with Crippen LogP contribution in [0.4, 0.5) is 0 Å². The van der Waals surface area contributed by atoms with Crippen molar-refractivity contribution in [2.75, 3.05) is 0 Å². The van der Waals surface area contributed by atoms with E-state index in [4.69, 9.17) is 11.9 Å². The molecule has 0 aliphatic carbocycles. The quantitative estimate of drug-likeness (QED) is 0.625. The summed E-state index contributed by atoms with van der Waals surface area (Å²) in [4.78, 5) is 0. The van der Waals surface area contributed by atoms with E-state index in [9.17, 15) is 0 Å². The molecule has 0 radical (unpaired) electrons. The van der Waals surface area contributed by atoms with Gasteiger partial charge in [0.25, 0.3) is 0 Å². The molecule has 4 heteroatoms. The lowest BCUT2D eigenvalue weighted by Crippen LogP contribution is -1.51. The molecule has 1 rings (SSSR count). The molecule has 1 aromatic rings. The lowest BCUT2D eigenvalue weighted by atomic mass is 10.7. The number of halogens is 1. The van der Waals surface area contributed by atoms with Crippen molar-refractivity contribution < 1.29 is 3.74 Å². The van der Waals surface area contributed by atoms with Gasteiger partial charge in [0, 0.05) is 0 Å². The maximum absolute atomic E-state index is 4.96. The minimum atomic E-state index is 1.07. The summed E-state index contributed by atoms with van der Waals surface area (Å²) in [5, 5.41) is 1.97. The minimum absolute atomic E-state index is 1.07. The fraction of sp³-hybridized carbons (Fsp3) is 0. The molecule has 0 saturated heterocycles. The van der Waals surface area contributed by atoms with E-state index in [1.54, 1.807) is 11.3 Å². The zero-order valence-electron chi connectivity index (χ0n) is 3.83. The predicted octanol–water partition coefficient (Wildman–Crippen LogP) is 2.93. The summed E-state index contributed by atoms with van der Waals surface area (Å²) in [7, 11) is 0. The monoisotopic (exact) mass is 166 g/mol. The molecule has 0 saturated carbocycles. The molecule has 0 fully saturated rings. The van der Waals surface area contributed by atoms with E-state index in [-0.39, 0.29) is 0 Å². The van der Waals surface area contributed by atoms with Crippen LogP contribution in [0.5, 0.6) is 0 Å². The van der Waals surface area contributed by atoms with Crippen LogP contribution in [0, 0.1) is 0 Å². The number of hydrogen-bond acceptors (Lipinski definition) is 3. The molecule has 1 nitrogen and oxygen atoms in total. The fourth-order valence-electron chi connectivity index (χ4n) is 0.342. The van der Waals surface area contributed by atoms with Gasteiger partial charge in [-0.2, -0.15) is 0 Å². The van der Waals surface area contributed by atoms with Gasteiger partial charge in [0.15, 0.2) is 0 Å². The smallest absolute Gasteiger partial charge is 0.0894 e. The predicted molar refractivity (Wildman–Crippen MR) is 37.1 cm³/mol. The third-order valence-electron chi connectivity index (χ3n) is 0.609. The van der Waals surface area contributed by atoms with Crippen molar-refractivity contribution in [1.29, 1.82) is 0 Å². The molecule has 1 aromatic heterocycles. The molecule has 0 aromatic carbocycles. The Morgan fingerprint density at radius 2 is 2.62 bits per heavy atom. The largest absolute Gasteiger partial charge is 0.201 e. The topological polar surface area (TPSA) is 9.23 Å². The van der Waals surface area contributed by atoms with Crippen molar-refractivity contribution in [3.8, 4) is 0 Å². The first-order chi connectivity index (χ1) is 3.93. The molecule has 0 atom stereocenters. The van der Waals surface area contributed by atoms with Gasteiger partial charge < -0.3 is 0 Å². The van der Waals surface area contributed by atoms with Crippen LogP contribution < -0.4 is 0 Å². The van der Waals surface area contributed by atoms with Gasteiger partial charge >= 0.3 is 0 Å². The standard InChI is InChI=1S/C4H3ClOS2/c5-6-8-4-2-1-3-7-4/h1-3H. The van der Waals surface area contributed by atoms with Crippen LogP contribution in [0.3, 0.4) is 0 Å². The Hall–Kier alpha value is 0.300. The van der Waals surface area contributed by atoms with E-state index in [0.29, 0.717) is 0 Å². The van der Waals surface area contributed by atoms with Crippen molar-refractivity contribution in [2.45, 2.75) is 4.21 Å². The summed E-state index contributed by atoms with van der Waals surface area (Å²) in [5.41, 5.74) is 0. The van der Waals surface area contributed by atoms with Crippen molar-refractivity contribution in [3.05, 3.63) is 17.5 Å². The molecule has 44 valence electrons. The highest BCUT2D eigenvalue weighted by molar-refractivity contribution is 7.97. The molecule has 0 N–H and O–H groups in total. The molecule has 0 bridgehead atoms. The Morgan fingerprint density at radius 3 is 3.12 bits per heavy atom. The van der Waals surface area contributed by atoms with Crippen molar-refractivity contribution in [1.82, 2.24) is 0 Å². The number of thiophene rings is 1. The van der Waals surface area contributed by atoms with Crippen LogP contribution in [0.1, 0.15) is 0 Å². The van der Waals surface area contributed by atoms with Crippen LogP contribution >= 0.6 is 35.2 Å². The Bertz CT molecular complexity index is 140. The third-order valence-corrected chi connectivity index (χ3v) is 2.32. The second kappa shape index (κ2) is 3.35. The van der Waals surface area contributed by atoms with Crippen molar-refractivity contribution in [2.24, 2.45) is 0 Å². The Morgan fingerprint density at radius 1 is 1.75 bits per heavy atom. The van der Waals surface area contributed by atoms with Gasteiger partial charge in [0.05, 0.1) is 28.1 Å². The Balaban J connectivity index is 2.50. The average Bonchev–Trinajstić information content (AvgIpc) is 2.19. The number of rotatable bonds is 2. The molecule has 0 spiro atoms. The van der Waals surface area contributed by atoms with Crippen molar-refractivity contribution in [3.63, 3.8) is 0 Å². The maximum Gasteiger partial charge on any atom is 0.0894 e. The van der Waals surface area contributed by atoms with E-state index in [2.05, 4.69) is 3.74 Å². The van der Waals surface area contributed by atoms with E-state index in [0.717, 1.165) is 4.21 Å². The minimum Gasteiger partial charge on any atom is -0.201 e. The van der Waals surface area contributed by atoms with Crippen LogP contribution in [0.15, 0.2) is 21.7 Å². The molecule has 1 heterocycles. The molecular weight excluding hydrogens is 164 g/mol. The Labute approximate surface area is 61.0 Å². The van der Waals surface area contributed by atoms with Gasteiger partial charge in [-0.25, -0.2) is 3.74 Å². The van der Waals surface area contributed by atoms with Gasteiger partial charge in [-0.15, -0.1) is 11.3 Å². The average molecular weight is 167 g/mol.